The van der Waals surface area contributed by atoms with Crippen molar-refractivity contribution in [3.63, 3.8) is 0 Å². The van der Waals surface area contributed by atoms with E-state index in [9.17, 15) is 9.59 Å². The number of aromatic nitrogens is 4. The van der Waals surface area contributed by atoms with E-state index < -0.39 is 0 Å². The summed E-state index contributed by atoms with van der Waals surface area (Å²) in [4.78, 5) is 39.3. The standard InChI is InChI=1S/C21H22N4O3.C19H20N4O2/c1-13-9-24(10-14(2)22-13)16-4-6-20-23-17(8-21(26)25(20)11-16)15-3-5-18-19(7-15)28-12-27-18;1-25-16-4-2-3-14(11-16)17-12-19(24)23-13-15(5-6-18(23)21-17)22-9-7-20-8-10-22/h3-8,11,13-14,22H,9-10,12H2,1-2H3;2-6,11-13,20H,7-10H2,1H3/t13-,14+;. The predicted molar refractivity (Wildman–Crippen MR) is 206 cm³/mol. The van der Waals surface area contributed by atoms with Gasteiger partial charge in [0.25, 0.3) is 11.1 Å². The van der Waals surface area contributed by atoms with E-state index in [0.717, 1.165) is 67.5 Å². The molecule has 2 fully saturated rings. The van der Waals surface area contributed by atoms with Crippen LogP contribution >= 0.6 is 0 Å². The molecule has 2 aromatic carbocycles. The molecular formula is C40H42N8O5. The first-order valence-electron chi connectivity index (χ1n) is 17.9. The number of piperazine rings is 2. The van der Waals surface area contributed by atoms with Crippen molar-refractivity contribution in [2.45, 2.75) is 25.9 Å². The first-order chi connectivity index (χ1) is 25.8. The zero-order valence-corrected chi connectivity index (χ0v) is 30.0. The highest BCUT2D eigenvalue weighted by Crippen LogP contribution is 2.35. The van der Waals surface area contributed by atoms with Gasteiger partial charge >= 0.3 is 0 Å². The van der Waals surface area contributed by atoms with Crippen LogP contribution in [-0.4, -0.2) is 84.0 Å². The van der Waals surface area contributed by atoms with Gasteiger partial charge in [-0.15, -0.1) is 0 Å². The number of nitrogens with zero attached hydrogens (tertiary/aromatic N) is 6. The van der Waals surface area contributed by atoms with Gasteiger partial charge in [0.05, 0.1) is 29.9 Å². The van der Waals surface area contributed by atoms with Crippen molar-refractivity contribution in [1.82, 2.24) is 29.4 Å². The average molecular weight is 715 g/mol. The van der Waals surface area contributed by atoms with Crippen LogP contribution in [-0.2, 0) is 0 Å². The van der Waals surface area contributed by atoms with Crippen LogP contribution in [0.5, 0.6) is 17.2 Å². The normalized spacial score (nSPS) is 18.2. The van der Waals surface area contributed by atoms with Crippen LogP contribution in [0.3, 0.4) is 0 Å². The second-order valence-electron chi connectivity index (χ2n) is 13.6. The maximum Gasteiger partial charge on any atom is 0.258 e. The lowest BCUT2D eigenvalue weighted by Crippen LogP contribution is -2.54. The first-order valence-corrected chi connectivity index (χ1v) is 17.9. The largest absolute Gasteiger partial charge is 0.497 e. The molecular weight excluding hydrogens is 672 g/mol. The molecule has 0 spiro atoms. The number of methoxy groups -OCH3 is 1. The van der Waals surface area contributed by atoms with E-state index in [0.29, 0.717) is 46.3 Å². The number of nitrogens with one attached hydrogen (secondary N) is 2. The van der Waals surface area contributed by atoms with Crippen molar-refractivity contribution in [1.29, 1.82) is 0 Å². The molecule has 53 heavy (non-hydrogen) atoms. The Morgan fingerprint density at radius 3 is 1.94 bits per heavy atom. The summed E-state index contributed by atoms with van der Waals surface area (Å²) in [5.41, 5.74) is 6.14. The molecule has 0 aliphatic carbocycles. The minimum absolute atomic E-state index is 0.0835. The van der Waals surface area contributed by atoms with Crippen LogP contribution in [0.25, 0.3) is 33.8 Å². The maximum absolute atomic E-state index is 12.8. The van der Waals surface area contributed by atoms with E-state index in [1.165, 1.54) is 0 Å². The summed E-state index contributed by atoms with van der Waals surface area (Å²) >= 11 is 0. The topological polar surface area (TPSA) is 127 Å². The highest BCUT2D eigenvalue weighted by atomic mass is 16.7. The van der Waals surface area contributed by atoms with Crippen LogP contribution in [0, 0.1) is 0 Å². The highest BCUT2D eigenvalue weighted by molar-refractivity contribution is 5.67. The Kier molecular flexibility index (Phi) is 9.42. The Hall–Kier alpha value is -5.92. The van der Waals surface area contributed by atoms with Crippen molar-refractivity contribution >= 4 is 22.7 Å². The highest BCUT2D eigenvalue weighted by Gasteiger charge is 2.22. The molecule has 4 aromatic heterocycles. The molecule has 13 nitrogen and oxygen atoms in total. The van der Waals surface area contributed by atoms with Crippen LogP contribution in [0.15, 0.2) is 101 Å². The Bertz CT molecular complexity index is 2400. The number of hydrogen-bond donors (Lipinski definition) is 2. The molecule has 272 valence electrons. The molecule has 6 aromatic rings. The molecule has 9 rings (SSSR count). The smallest absolute Gasteiger partial charge is 0.258 e. The van der Waals surface area contributed by atoms with Gasteiger partial charge < -0.3 is 34.6 Å². The summed E-state index contributed by atoms with van der Waals surface area (Å²) in [6.07, 6.45) is 3.77. The van der Waals surface area contributed by atoms with Gasteiger partial charge in [0.2, 0.25) is 6.79 Å². The van der Waals surface area contributed by atoms with Gasteiger partial charge in [-0.25, -0.2) is 9.97 Å². The van der Waals surface area contributed by atoms with Crippen molar-refractivity contribution in [3.8, 4) is 39.8 Å². The Morgan fingerprint density at radius 2 is 1.30 bits per heavy atom. The lowest BCUT2D eigenvalue weighted by atomic mass is 10.1. The van der Waals surface area contributed by atoms with Crippen molar-refractivity contribution in [3.05, 3.63) is 112 Å². The summed E-state index contributed by atoms with van der Waals surface area (Å²) in [6.45, 7) is 10.2. The van der Waals surface area contributed by atoms with Crippen LogP contribution < -0.4 is 45.8 Å². The van der Waals surface area contributed by atoms with E-state index in [-0.39, 0.29) is 17.9 Å². The first kappa shape index (κ1) is 34.2. The second-order valence-corrected chi connectivity index (χ2v) is 13.6. The second kappa shape index (κ2) is 14.6. The summed E-state index contributed by atoms with van der Waals surface area (Å²) in [5.74, 6) is 2.13. The maximum atomic E-state index is 12.8. The van der Waals surface area contributed by atoms with Crippen LogP contribution in [0.4, 0.5) is 11.4 Å². The fourth-order valence-corrected chi connectivity index (χ4v) is 7.15. The molecule has 0 saturated carbocycles. The number of anilines is 2. The molecule has 2 N–H and O–H groups in total. The lowest BCUT2D eigenvalue weighted by Gasteiger charge is -2.37. The summed E-state index contributed by atoms with van der Waals surface area (Å²) in [7, 11) is 1.62. The number of hydrogen-bond acceptors (Lipinski definition) is 11. The Labute approximate surface area is 306 Å². The third-order valence-corrected chi connectivity index (χ3v) is 9.73. The number of fused-ring (bicyclic) bond motifs is 3. The molecule has 3 aliphatic rings. The molecule has 2 saturated heterocycles. The zero-order valence-electron chi connectivity index (χ0n) is 30.0. The SMILES string of the molecule is COc1cccc(-c2cc(=O)n3cc(N4CCNCC4)ccc3n2)c1.C[C@@H]1CN(c2ccc3nc(-c4ccc5c(c4)OCO5)cc(=O)n3c2)C[C@H](C)N1. The number of pyridine rings is 2. The van der Waals surface area contributed by atoms with Gasteiger partial charge in [-0.2, -0.15) is 0 Å². The quantitative estimate of drug-likeness (QED) is 0.269. The van der Waals surface area contributed by atoms with E-state index >= 15 is 0 Å². The van der Waals surface area contributed by atoms with Gasteiger partial charge in [-0.05, 0) is 68.4 Å². The Morgan fingerprint density at radius 1 is 0.698 bits per heavy atom. The van der Waals surface area contributed by atoms with Crippen LogP contribution in [0.2, 0.25) is 0 Å². The molecule has 0 bridgehead atoms. The molecule has 7 heterocycles. The van der Waals surface area contributed by atoms with E-state index in [1.54, 1.807) is 28.0 Å². The number of ether oxygens (including phenoxy) is 3. The molecule has 0 radical (unpaired) electrons. The molecule has 2 atom stereocenters. The predicted octanol–water partition coefficient (Wildman–Crippen LogP) is 4.06. The van der Waals surface area contributed by atoms with Crippen LogP contribution in [0.1, 0.15) is 13.8 Å². The van der Waals surface area contributed by atoms with Crippen molar-refractivity contribution in [2.24, 2.45) is 0 Å². The van der Waals surface area contributed by atoms with Gasteiger partial charge in [0.15, 0.2) is 11.5 Å². The molecule has 13 heteroatoms. The average Bonchev–Trinajstić information content (AvgIpc) is 3.66. The molecule has 0 amide bonds. The molecule has 3 aliphatic heterocycles. The summed E-state index contributed by atoms with van der Waals surface area (Å²) < 4.78 is 19.3. The fourth-order valence-electron chi connectivity index (χ4n) is 7.15. The van der Waals surface area contributed by atoms with E-state index in [4.69, 9.17) is 14.2 Å². The monoisotopic (exact) mass is 714 g/mol. The summed E-state index contributed by atoms with van der Waals surface area (Å²) in [6, 6.07) is 25.0. The lowest BCUT2D eigenvalue weighted by molar-refractivity contribution is 0.174. The van der Waals surface area contributed by atoms with E-state index in [1.807, 2.05) is 79.1 Å². The third kappa shape index (κ3) is 7.26. The van der Waals surface area contributed by atoms with Gasteiger partial charge in [0.1, 0.15) is 17.0 Å². The Balaban J connectivity index is 0.000000152. The zero-order chi connectivity index (χ0) is 36.5. The number of rotatable bonds is 5. The van der Waals surface area contributed by atoms with Gasteiger partial charge in [0, 0.05) is 87.0 Å². The van der Waals surface area contributed by atoms with Gasteiger partial charge in [-0.1, -0.05) is 12.1 Å². The van der Waals surface area contributed by atoms with E-state index in [2.05, 4.69) is 44.2 Å². The number of benzene rings is 2. The minimum Gasteiger partial charge on any atom is -0.497 e. The van der Waals surface area contributed by atoms with Crippen molar-refractivity contribution < 1.29 is 14.2 Å². The third-order valence-electron chi connectivity index (χ3n) is 9.73. The van der Waals surface area contributed by atoms with Gasteiger partial charge in [-0.3, -0.25) is 18.4 Å². The molecule has 0 unspecified atom stereocenters. The summed E-state index contributed by atoms with van der Waals surface area (Å²) in [5, 5.41) is 6.86. The van der Waals surface area contributed by atoms with Crippen molar-refractivity contribution in [2.75, 3.05) is 63.0 Å². The fraction of sp³-hybridized carbons (Fsp3) is 0.300. The minimum atomic E-state index is -0.101.